The summed E-state index contributed by atoms with van der Waals surface area (Å²) in [4.78, 5) is 25.6. The van der Waals surface area contributed by atoms with Gasteiger partial charge in [-0.25, -0.2) is 0 Å². The van der Waals surface area contributed by atoms with Crippen molar-refractivity contribution < 1.29 is 19.8 Å². The van der Waals surface area contributed by atoms with E-state index in [1.54, 1.807) is 0 Å². The van der Waals surface area contributed by atoms with Crippen LogP contribution in [0.2, 0.25) is 0 Å². The third-order valence-corrected chi connectivity index (χ3v) is 6.00. The van der Waals surface area contributed by atoms with Crippen molar-refractivity contribution >= 4 is 11.8 Å². The second kappa shape index (κ2) is 13.3. The Morgan fingerprint density at radius 2 is 0.867 bits per heavy atom. The molecule has 6 heteroatoms. The molecule has 0 saturated heterocycles. The lowest BCUT2D eigenvalue weighted by Crippen LogP contribution is -2.61. The smallest absolute Gasteiger partial charge is 0.309 e. The Labute approximate surface area is 184 Å². The van der Waals surface area contributed by atoms with Gasteiger partial charge in [-0.1, -0.05) is 81.1 Å². The van der Waals surface area contributed by atoms with Crippen LogP contribution in [0.5, 0.6) is 0 Å². The summed E-state index contributed by atoms with van der Waals surface area (Å²) in [6, 6.07) is -1.03. The molecule has 0 heterocycles. The molecule has 30 heavy (non-hydrogen) atoms. The average molecular weight is 429 g/mol. The molecule has 4 N–H and O–H groups in total. The molecule has 0 aromatic carbocycles. The van der Waals surface area contributed by atoms with E-state index in [-0.39, 0.29) is 11.8 Å². The highest BCUT2D eigenvalue weighted by molar-refractivity contribution is 6.35. The Bertz CT molecular complexity index is 461. The molecular weight excluding hydrogens is 380 g/mol. The maximum atomic E-state index is 12.8. The van der Waals surface area contributed by atoms with E-state index < -0.39 is 35.1 Å². The van der Waals surface area contributed by atoms with Gasteiger partial charge in [0.25, 0.3) is 0 Å². The number of rotatable bonds is 14. The van der Waals surface area contributed by atoms with Gasteiger partial charge >= 0.3 is 11.8 Å². The Balaban J connectivity index is 5.55. The van der Waals surface area contributed by atoms with Crippen LogP contribution in [0.25, 0.3) is 0 Å². The van der Waals surface area contributed by atoms with Crippen LogP contribution in [0.3, 0.4) is 0 Å². The van der Waals surface area contributed by atoms with E-state index in [1.165, 1.54) is 0 Å². The summed E-state index contributed by atoms with van der Waals surface area (Å²) in [7, 11) is 0. The van der Waals surface area contributed by atoms with E-state index in [4.69, 9.17) is 0 Å². The third-order valence-electron chi connectivity index (χ3n) is 6.00. The molecule has 0 saturated carbocycles. The summed E-state index contributed by atoms with van der Waals surface area (Å²) in [5.41, 5.74) is -2.09. The van der Waals surface area contributed by atoms with Gasteiger partial charge in [-0.3, -0.25) is 9.59 Å². The maximum Gasteiger partial charge on any atom is 0.309 e. The summed E-state index contributed by atoms with van der Waals surface area (Å²) >= 11 is 0. The Morgan fingerprint density at radius 1 is 0.633 bits per heavy atom. The van der Waals surface area contributed by atoms with Crippen molar-refractivity contribution in [3.8, 4) is 0 Å². The highest BCUT2D eigenvalue weighted by Gasteiger charge is 2.41. The van der Waals surface area contributed by atoms with Gasteiger partial charge < -0.3 is 20.8 Å². The van der Waals surface area contributed by atoms with Crippen LogP contribution in [0.15, 0.2) is 0 Å². The molecular formula is C24H48N2O4. The first-order chi connectivity index (χ1) is 13.9. The molecule has 0 aromatic heterocycles. The molecule has 0 rings (SSSR count). The Kier molecular flexibility index (Phi) is 12.8. The van der Waals surface area contributed by atoms with Crippen molar-refractivity contribution in [2.24, 2.45) is 11.8 Å². The number of aliphatic hydroxyl groups is 2. The molecule has 0 spiro atoms. The molecule has 0 radical (unpaired) electrons. The summed E-state index contributed by atoms with van der Waals surface area (Å²) in [5, 5.41) is 28.1. The number of carbonyl (C=O) groups excluding carboxylic acids is 2. The second-order valence-corrected chi connectivity index (χ2v) is 9.60. The fraction of sp³-hybridized carbons (Fsp3) is 0.917. The highest BCUT2D eigenvalue weighted by atomic mass is 16.3. The summed E-state index contributed by atoms with van der Waals surface area (Å²) in [6.07, 6.45) is 5.41. The number of amides is 2. The lowest BCUT2D eigenvalue weighted by Gasteiger charge is -2.40. The van der Waals surface area contributed by atoms with Crippen molar-refractivity contribution in [3.63, 3.8) is 0 Å². The number of nitrogens with one attached hydrogen (secondary N) is 2. The van der Waals surface area contributed by atoms with Crippen molar-refractivity contribution in [3.05, 3.63) is 0 Å². The molecule has 0 bridgehead atoms. The zero-order valence-electron chi connectivity index (χ0n) is 20.7. The molecule has 2 amide bonds. The largest absolute Gasteiger partial charge is 0.388 e. The van der Waals surface area contributed by atoms with Gasteiger partial charge in [-0.15, -0.1) is 0 Å². The van der Waals surface area contributed by atoms with Gasteiger partial charge in [0.2, 0.25) is 0 Å². The first-order valence-corrected chi connectivity index (χ1v) is 12.0. The third kappa shape index (κ3) is 8.18. The van der Waals surface area contributed by atoms with Gasteiger partial charge in [-0.05, 0) is 37.5 Å². The molecule has 0 aliphatic rings. The van der Waals surface area contributed by atoms with Crippen LogP contribution in [0.1, 0.15) is 107 Å². The second-order valence-electron chi connectivity index (χ2n) is 9.60. The minimum absolute atomic E-state index is 0.0251. The van der Waals surface area contributed by atoms with E-state index >= 15 is 0 Å². The van der Waals surface area contributed by atoms with Crippen molar-refractivity contribution in [2.75, 3.05) is 0 Å². The van der Waals surface area contributed by atoms with Gasteiger partial charge in [0.1, 0.15) is 0 Å². The van der Waals surface area contributed by atoms with E-state index in [1.807, 2.05) is 55.4 Å². The average Bonchev–Trinajstić information content (AvgIpc) is 2.63. The highest BCUT2D eigenvalue weighted by Crippen LogP contribution is 2.29. The molecule has 0 aliphatic heterocycles. The van der Waals surface area contributed by atoms with Gasteiger partial charge in [0.05, 0.1) is 23.3 Å². The minimum Gasteiger partial charge on any atom is -0.388 e. The molecule has 6 nitrogen and oxygen atoms in total. The predicted octanol–water partition coefficient (Wildman–Crippen LogP) is 3.93. The lowest BCUT2D eigenvalue weighted by molar-refractivity contribution is -0.144. The van der Waals surface area contributed by atoms with Crippen LogP contribution >= 0.6 is 0 Å². The van der Waals surface area contributed by atoms with Crippen LogP contribution < -0.4 is 10.6 Å². The fourth-order valence-electron chi connectivity index (χ4n) is 4.86. The summed E-state index contributed by atoms with van der Waals surface area (Å²) in [6.45, 7) is 15.8. The SMILES string of the molecule is CCCC(O)(CCC)[C@H](NC(=O)C(=O)N[C@H](C(C)C)C(O)(CCC)CCC)C(C)C. The topological polar surface area (TPSA) is 98.7 Å². The van der Waals surface area contributed by atoms with Crippen molar-refractivity contribution in [2.45, 2.75) is 130 Å². The quantitative estimate of drug-likeness (QED) is 0.315. The number of hydrogen-bond donors (Lipinski definition) is 4. The van der Waals surface area contributed by atoms with E-state index in [0.29, 0.717) is 25.7 Å². The number of carbonyl (C=O) groups is 2. The fourth-order valence-corrected chi connectivity index (χ4v) is 4.86. The zero-order valence-corrected chi connectivity index (χ0v) is 20.7. The Morgan fingerprint density at radius 3 is 1.03 bits per heavy atom. The molecule has 2 atom stereocenters. The van der Waals surface area contributed by atoms with E-state index in [0.717, 1.165) is 25.7 Å². The molecule has 0 aliphatic carbocycles. The monoisotopic (exact) mass is 428 g/mol. The molecule has 0 aromatic rings. The lowest BCUT2D eigenvalue weighted by atomic mass is 9.79. The summed E-state index contributed by atoms with van der Waals surface area (Å²) < 4.78 is 0. The zero-order chi connectivity index (χ0) is 23.5. The van der Waals surface area contributed by atoms with Gasteiger partial charge in [-0.2, -0.15) is 0 Å². The maximum absolute atomic E-state index is 12.8. The molecule has 178 valence electrons. The normalized spacial score (nSPS) is 14.7. The first kappa shape index (κ1) is 28.9. The first-order valence-electron chi connectivity index (χ1n) is 12.0. The van der Waals surface area contributed by atoms with Crippen molar-refractivity contribution in [1.29, 1.82) is 0 Å². The van der Waals surface area contributed by atoms with E-state index in [9.17, 15) is 19.8 Å². The molecule has 0 unspecified atom stereocenters. The van der Waals surface area contributed by atoms with Crippen molar-refractivity contribution in [1.82, 2.24) is 10.6 Å². The predicted molar refractivity (Wildman–Crippen MR) is 123 cm³/mol. The summed E-state index contributed by atoms with van der Waals surface area (Å²) in [5.74, 6) is -1.55. The van der Waals surface area contributed by atoms with Gasteiger partial charge in [0, 0.05) is 0 Å². The van der Waals surface area contributed by atoms with Crippen LogP contribution in [0.4, 0.5) is 0 Å². The van der Waals surface area contributed by atoms with Gasteiger partial charge in [0.15, 0.2) is 0 Å². The Hall–Kier alpha value is -1.14. The van der Waals surface area contributed by atoms with Crippen LogP contribution in [-0.2, 0) is 9.59 Å². The standard InChI is InChI=1S/C24H48N2O4/c1-9-13-23(29,14-10-2)19(17(5)6)25-21(27)22(28)26-20(18(7)8)24(30,15-11-3)16-12-4/h17-20,29-30H,9-16H2,1-8H3,(H,25,27)(H,26,28)/t19-,20-/m1/s1. The number of hydrogen-bond acceptors (Lipinski definition) is 4. The minimum atomic E-state index is -1.05. The van der Waals surface area contributed by atoms with Crippen LogP contribution in [0, 0.1) is 11.8 Å². The molecule has 0 fully saturated rings. The van der Waals surface area contributed by atoms with E-state index in [2.05, 4.69) is 10.6 Å². The van der Waals surface area contributed by atoms with Crippen LogP contribution in [-0.4, -0.2) is 45.3 Å².